The van der Waals surface area contributed by atoms with Crippen LogP contribution in [0, 0.1) is 0 Å². The van der Waals surface area contributed by atoms with Crippen LogP contribution in [0.15, 0.2) is 61.3 Å². The minimum Gasteiger partial charge on any atom is -0.347 e. The number of carbonyl (C=O) groups is 1. The Morgan fingerprint density at radius 2 is 2.09 bits per heavy atom. The van der Waals surface area contributed by atoms with E-state index in [2.05, 4.69) is 40.2 Å². The number of allylic oxidation sites excluding steroid dienone is 1. The number of hydrogen-bond donors (Lipinski definition) is 1. The third kappa shape index (κ3) is 4.19. The number of imidazole rings is 1. The van der Waals surface area contributed by atoms with Crippen LogP contribution in [0.25, 0.3) is 0 Å². The van der Waals surface area contributed by atoms with Gasteiger partial charge in [-0.25, -0.2) is 4.98 Å². The maximum atomic E-state index is 11.6. The molecule has 0 aliphatic carbocycles. The van der Waals surface area contributed by atoms with Gasteiger partial charge >= 0.3 is 0 Å². The molecule has 0 atom stereocenters. The fraction of sp³-hybridized carbons (Fsp3) is 0.222. The van der Waals surface area contributed by atoms with E-state index < -0.39 is 0 Å². The second kappa shape index (κ2) is 7.41. The highest BCUT2D eigenvalue weighted by molar-refractivity contribution is 5.91. The molecule has 0 unspecified atom stereocenters. The molecule has 4 nitrogen and oxygen atoms in total. The molecule has 0 radical (unpaired) electrons. The summed E-state index contributed by atoms with van der Waals surface area (Å²) >= 11 is 0. The van der Waals surface area contributed by atoms with Crippen LogP contribution < -0.4 is 5.32 Å². The number of nitrogens with one attached hydrogen (secondary N) is 1. The Labute approximate surface area is 131 Å². The van der Waals surface area contributed by atoms with Crippen LogP contribution in [-0.2, 0) is 24.3 Å². The third-order valence-corrected chi connectivity index (χ3v) is 3.26. The van der Waals surface area contributed by atoms with Crippen molar-refractivity contribution in [3.05, 3.63) is 78.4 Å². The summed E-state index contributed by atoms with van der Waals surface area (Å²) in [6, 6.07) is 10.2. The van der Waals surface area contributed by atoms with Gasteiger partial charge < -0.3 is 9.88 Å². The molecule has 0 spiro atoms. The van der Waals surface area contributed by atoms with Crippen molar-refractivity contribution in [2.75, 3.05) is 0 Å². The summed E-state index contributed by atoms with van der Waals surface area (Å²) in [5.41, 5.74) is 2.54. The van der Waals surface area contributed by atoms with E-state index in [1.807, 2.05) is 30.5 Å². The summed E-state index contributed by atoms with van der Waals surface area (Å²) in [6.07, 6.45) is 4.55. The Morgan fingerprint density at radius 1 is 1.36 bits per heavy atom. The second-order valence-corrected chi connectivity index (χ2v) is 5.21. The van der Waals surface area contributed by atoms with E-state index >= 15 is 0 Å². The summed E-state index contributed by atoms with van der Waals surface area (Å²) in [4.78, 5) is 16.2. The highest BCUT2D eigenvalue weighted by Gasteiger charge is 2.09. The molecule has 1 heterocycles. The van der Waals surface area contributed by atoms with Crippen molar-refractivity contribution in [2.45, 2.75) is 26.4 Å². The van der Waals surface area contributed by atoms with Gasteiger partial charge in [-0.15, -0.1) is 6.58 Å². The Kier molecular flexibility index (Phi) is 5.31. The summed E-state index contributed by atoms with van der Waals surface area (Å²) in [6.45, 7) is 10.2. The lowest BCUT2D eigenvalue weighted by atomic mass is 10.1. The molecule has 1 aromatic heterocycles. The molecule has 0 saturated heterocycles. The lowest BCUT2D eigenvalue weighted by Crippen LogP contribution is -2.23. The van der Waals surface area contributed by atoms with Crippen molar-refractivity contribution in [3.8, 4) is 0 Å². The van der Waals surface area contributed by atoms with Gasteiger partial charge in [-0.05, 0) is 12.5 Å². The molecular formula is C18H21N3O. The minimum atomic E-state index is -0.150. The smallest absolute Gasteiger partial charge is 0.246 e. The van der Waals surface area contributed by atoms with Crippen LogP contribution >= 0.6 is 0 Å². The van der Waals surface area contributed by atoms with Gasteiger partial charge in [-0.2, -0.15) is 0 Å². The predicted octanol–water partition coefficient (Wildman–Crippen LogP) is 2.85. The monoisotopic (exact) mass is 295 g/mol. The van der Waals surface area contributed by atoms with Gasteiger partial charge in [0, 0.05) is 24.7 Å². The second-order valence-electron chi connectivity index (χ2n) is 5.21. The van der Waals surface area contributed by atoms with Gasteiger partial charge in [0.15, 0.2) is 0 Å². The number of nitrogens with zero attached hydrogens (tertiary/aromatic N) is 2. The highest BCUT2D eigenvalue weighted by atomic mass is 16.1. The molecule has 0 saturated carbocycles. The average Bonchev–Trinajstić information content (AvgIpc) is 2.88. The zero-order valence-corrected chi connectivity index (χ0v) is 12.9. The first-order chi connectivity index (χ1) is 10.6. The number of aromatic nitrogens is 2. The van der Waals surface area contributed by atoms with Crippen molar-refractivity contribution in [2.24, 2.45) is 0 Å². The molecule has 1 aromatic carbocycles. The highest BCUT2D eigenvalue weighted by Crippen LogP contribution is 2.11. The largest absolute Gasteiger partial charge is 0.347 e. The van der Waals surface area contributed by atoms with Gasteiger partial charge in [-0.3, -0.25) is 4.79 Å². The summed E-state index contributed by atoms with van der Waals surface area (Å²) in [5, 5.41) is 2.80. The van der Waals surface area contributed by atoms with E-state index in [0.29, 0.717) is 18.7 Å². The number of amides is 1. The van der Waals surface area contributed by atoms with Crippen LogP contribution in [-0.4, -0.2) is 15.5 Å². The minimum absolute atomic E-state index is 0.150. The van der Waals surface area contributed by atoms with Crippen molar-refractivity contribution < 1.29 is 4.79 Å². The van der Waals surface area contributed by atoms with E-state index in [1.54, 1.807) is 6.92 Å². The van der Waals surface area contributed by atoms with Crippen molar-refractivity contribution in [1.29, 1.82) is 0 Å². The molecule has 1 N–H and O–H groups in total. The molecule has 2 rings (SSSR count). The SMILES string of the molecule is C=CCn1cc(CNC(=O)C(=C)C)nc1Cc1ccccc1. The molecule has 114 valence electrons. The Morgan fingerprint density at radius 3 is 2.73 bits per heavy atom. The molecule has 2 aromatic rings. The van der Waals surface area contributed by atoms with Crippen LogP contribution in [0.2, 0.25) is 0 Å². The fourth-order valence-electron chi connectivity index (χ4n) is 2.14. The van der Waals surface area contributed by atoms with Gasteiger partial charge in [0.1, 0.15) is 5.82 Å². The summed E-state index contributed by atoms with van der Waals surface area (Å²) < 4.78 is 2.06. The van der Waals surface area contributed by atoms with Crippen molar-refractivity contribution in [3.63, 3.8) is 0 Å². The average molecular weight is 295 g/mol. The van der Waals surface area contributed by atoms with Crippen LogP contribution in [0.5, 0.6) is 0 Å². The first kappa shape index (κ1) is 15.8. The van der Waals surface area contributed by atoms with E-state index in [1.165, 1.54) is 5.56 Å². The first-order valence-electron chi connectivity index (χ1n) is 7.23. The van der Waals surface area contributed by atoms with Crippen LogP contribution in [0.4, 0.5) is 0 Å². The van der Waals surface area contributed by atoms with Gasteiger partial charge in [-0.1, -0.05) is 43.0 Å². The van der Waals surface area contributed by atoms with Crippen LogP contribution in [0.3, 0.4) is 0 Å². The first-order valence-corrected chi connectivity index (χ1v) is 7.23. The van der Waals surface area contributed by atoms with E-state index in [0.717, 1.165) is 17.9 Å². The Hall–Kier alpha value is -2.62. The van der Waals surface area contributed by atoms with Gasteiger partial charge in [0.05, 0.1) is 12.2 Å². The Bertz CT molecular complexity index is 671. The normalized spacial score (nSPS) is 10.2. The number of rotatable bonds is 7. The van der Waals surface area contributed by atoms with E-state index in [4.69, 9.17) is 0 Å². The quantitative estimate of drug-likeness (QED) is 0.630. The van der Waals surface area contributed by atoms with Crippen LogP contribution in [0.1, 0.15) is 24.0 Å². The summed E-state index contributed by atoms with van der Waals surface area (Å²) in [7, 11) is 0. The predicted molar refractivity (Wildman–Crippen MR) is 88.3 cm³/mol. The van der Waals surface area contributed by atoms with Crippen molar-refractivity contribution in [1.82, 2.24) is 14.9 Å². The van der Waals surface area contributed by atoms with Gasteiger partial charge in [0.25, 0.3) is 0 Å². The number of benzene rings is 1. The molecule has 0 bridgehead atoms. The number of hydrogen-bond acceptors (Lipinski definition) is 2. The lowest BCUT2D eigenvalue weighted by molar-refractivity contribution is -0.117. The summed E-state index contributed by atoms with van der Waals surface area (Å²) in [5.74, 6) is 0.813. The molecule has 0 aliphatic heterocycles. The van der Waals surface area contributed by atoms with Crippen molar-refractivity contribution >= 4 is 5.91 Å². The van der Waals surface area contributed by atoms with Gasteiger partial charge in [0.2, 0.25) is 5.91 Å². The Balaban J connectivity index is 2.13. The zero-order valence-electron chi connectivity index (χ0n) is 12.9. The van der Waals surface area contributed by atoms with E-state index in [-0.39, 0.29) is 5.91 Å². The topological polar surface area (TPSA) is 46.9 Å². The fourth-order valence-corrected chi connectivity index (χ4v) is 2.14. The maximum Gasteiger partial charge on any atom is 0.246 e. The molecule has 1 amide bonds. The third-order valence-electron chi connectivity index (χ3n) is 3.26. The maximum absolute atomic E-state index is 11.6. The standard InChI is InChI=1S/C18H21N3O/c1-4-10-21-13-16(12-19-18(22)14(2)3)20-17(21)11-15-8-6-5-7-9-15/h4-9,13H,1-2,10-12H2,3H3,(H,19,22). The molecular weight excluding hydrogens is 274 g/mol. The molecule has 22 heavy (non-hydrogen) atoms. The van der Waals surface area contributed by atoms with E-state index in [9.17, 15) is 4.79 Å². The molecule has 0 aliphatic rings. The number of carbonyl (C=O) groups excluding carboxylic acids is 1. The zero-order chi connectivity index (χ0) is 15.9. The lowest BCUT2D eigenvalue weighted by Gasteiger charge is -2.04. The molecule has 0 fully saturated rings. The molecule has 4 heteroatoms.